The standard InChI is InChI=1S/C30H20Br2ClN3O3/c1-17-6-4-7-18(14-17)30(38)39-25-13-12-20(31)15-19(25)16-34-36-29(37)28-26(21-8-2-3-11-24(21)33)22-9-5-10-23(32)27(22)35-28/h2-16,35H,1H3,(H,36,37). The molecule has 0 unspecified atom stereocenters. The molecule has 5 rings (SSSR count). The Labute approximate surface area is 246 Å². The fourth-order valence-electron chi connectivity index (χ4n) is 4.16. The summed E-state index contributed by atoms with van der Waals surface area (Å²) in [5, 5.41) is 5.52. The lowest BCUT2D eigenvalue weighted by Crippen LogP contribution is -2.19. The zero-order chi connectivity index (χ0) is 27.5. The highest BCUT2D eigenvalue weighted by molar-refractivity contribution is 9.11. The Kier molecular flexibility index (Phi) is 7.97. The first-order chi connectivity index (χ1) is 18.8. The number of nitrogens with zero attached hydrogens (tertiary/aromatic N) is 1. The van der Waals surface area contributed by atoms with E-state index in [1.165, 1.54) is 6.21 Å². The van der Waals surface area contributed by atoms with Gasteiger partial charge in [0.2, 0.25) is 0 Å². The molecule has 0 radical (unpaired) electrons. The average molecular weight is 666 g/mol. The molecule has 0 aliphatic heterocycles. The van der Waals surface area contributed by atoms with Gasteiger partial charge in [-0.2, -0.15) is 5.10 Å². The van der Waals surface area contributed by atoms with Gasteiger partial charge in [-0.1, -0.05) is 75.6 Å². The van der Waals surface area contributed by atoms with Crippen LogP contribution < -0.4 is 10.2 Å². The first-order valence-electron chi connectivity index (χ1n) is 11.8. The Hall–Kier alpha value is -3.72. The molecular weight excluding hydrogens is 646 g/mol. The van der Waals surface area contributed by atoms with Gasteiger partial charge in [0.25, 0.3) is 5.91 Å². The first-order valence-corrected chi connectivity index (χ1v) is 13.7. The van der Waals surface area contributed by atoms with Gasteiger partial charge in [0, 0.05) is 36.0 Å². The smallest absolute Gasteiger partial charge is 0.343 e. The lowest BCUT2D eigenvalue weighted by atomic mass is 10.0. The van der Waals surface area contributed by atoms with Gasteiger partial charge in [-0.15, -0.1) is 0 Å². The minimum atomic E-state index is -0.493. The number of esters is 1. The highest BCUT2D eigenvalue weighted by Crippen LogP contribution is 2.38. The lowest BCUT2D eigenvalue weighted by molar-refractivity contribution is 0.0734. The van der Waals surface area contributed by atoms with Gasteiger partial charge in [-0.25, -0.2) is 10.2 Å². The van der Waals surface area contributed by atoms with Gasteiger partial charge in [-0.05, 0) is 65.3 Å². The zero-order valence-corrected chi connectivity index (χ0v) is 24.4. The molecule has 9 heteroatoms. The number of nitrogens with one attached hydrogen (secondary N) is 2. The third-order valence-electron chi connectivity index (χ3n) is 5.95. The quantitative estimate of drug-likeness (QED) is 0.0829. The van der Waals surface area contributed by atoms with Crippen molar-refractivity contribution >= 4 is 72.5 Å². The van der Waals surface area contributed by atoms with E-state index in [1.54, 1.807) is 42.5 Å². The summed E-state index contributed by atoms with van der Waals surface area (Å²) in [5.74, 6) is -0.653. The SMILES string of the molecule is Cc1cccc(C(=O)Oc2ccc(Br)cc2C=NNC(=O)c2[nH]c3c(Br)cccc3c2-c2ccccc2Cl)c1. The van der Waals surface area contributed by atoms with Crippen LogP contribution in [0.2, 0.25) is 5.02 Å². The summed E-state index contributed by atoms with van der Waals surface area (Å²) >= 11 is 13.5. The predicted octanol–water partition coefficient (Wildman–Crippen LogP) is 8.30. The Morgan fingerprint density at radius 1 is 0.974 bits per heavy atom. The summed E-state index contributed by atoms with van der Waals surface area (Å²) in [7, 11) is 0. The molecule has 6 nitrogen and oxygen atoms in total. The van der Waals surface area contributed by atoms with Crippen molar-refractivity contribution in [2.24, 2.45) is 5.10 Å². The third kappa shape index (κ3) is 5.83. The second-order valence-corrected chi connectivity index (χ2v) is 10.8. The van der Waals surface area contributed by atoms with E-state index < -0.39 is 11.9 Å². The fourth-order valence-corrected chi connectivity index (χ4v) is 5.23. The van der Waals surface area contributed by atoms with Crippen molar-refractivity contribution in [2.75, 3.05) is 0 Å². The van der Waals surface area contributed by atoms with Crippen LogP contribution in [0.3, 0.4) is 0 Å². The van der Waals surface area contributed by atoms with E-state index in [1.807, 2.05) is 49.4 Å². The number of rotatable bonds is 6. The molecular formula is C30H20Br2ClN3O3. The number of hydrogen-bond acceptors (Lipinski definition) is 4. The number of H-pyrrole nitrogens is 1. The van der Waals surface area contributed by atoms with E-state index in [-0.39, 0.29) is 0 Å². The van der Waals surface area contributed by atoms with E-state index in [0.29, 0.717) is 33.2 Å². The highest BCUT2D eigenvalue weighted by atomic mass is 79.9. The van der Waals surface area contributed by atoms with Crippen molar-refractivity contribution in [3.63, 3.8) is 0 Å². The number of hydrazone groups is 1. The molecule has 0 saturated carbocycles. The molecule has 1 amide bonds. The molecule has 1 heterocycles. The van der Waals surface area contributed by atoms with Gasteiger partial charge in [-0.3, -0.25) is 4.79 Å². The van der Waals surface area contributed by atoms with Crippen LogP contribution in [0.15, 0.2) is 99.0 Å². The van der Waals surface area contributed by atoms with Crippen LogP contribution in [0, 0.1) is 6.92 Å². The summed E-state index contributed by atoms with van der Waals surface area (Å²) in [6, 6.07) is 25.4. The Bertz CT molecular complexity index is 1760. The van der Waals surface area contributed by atoms with Crippen molar-refractivity contribution < 1.29 is 14.3 Å². The van der Waals surface area contributed by atoms with Crippen molar-refractivity contribution in [3.8, 4) is 16.9 Å². The van der Waals surface area contributed by atoms with E-state index in [0.717, 1.165) is 31.0 Å². The number of aromatic nitrogens is 1. The maximum atomic E-state index is 13.4. The summed E-state index contributed by atoms with van der Waals surface area (Å²) in [4.78, 5) is 29.3. The van der Waals surface area contributed by atoms with Crippen LogP contribution in [-0.4, -0.2) is 23.1 Å². The second kappa shape index (κ2) is 11.6. The molecule has 4 aromatic carbocycles. The molecule has 0 aliphatic carbocycles. The van der Waals surface area contributed by atoms with E-state index >= 15 is 0 Å². The largest absolute Gasteiger partial charge is 0.422 e. The van der Waals surface area contributed by atoms with Gasteiger partial charge in [0.15, 0.2) is 0 Å². The van der Waals surface area contributed by atoms with Crippen molar-refractivity contribution in [3.05, 3.63) is 121 Å². The number of benzene rings is 4. The summed E-state index contributed by atoms with van der Waals surface area (Å²) in [5.41, 5.74) is 6.92. The molecule has 5 aromatic rings. The fraction of sp³-hybridized carbons (Fsp3) is 0.0333. The summed E-state index contributed by atoms with van der Waals surface area (Å²) in [6.45, 7) is 1.90. The number of para-hydroxylation sites is 1. The average Bonchev–Trinajstić information content (AvgIpc) is 3.31. The Morgan fingerprint density at radius 3 is 2.56 bits per heavy atom. The molecule has 0 atom stereocenters. The molecule has 1 aromatic heterocycles. The molecule has 39 heavy (non-hydrogen) atoms. The summed E-state index contributed by atoms with van der Waals surface area (Å²) < 4.78 is 7.20. The molecule has 2 N–H and O–H groups in total. The van der Waals surface area contributed by atoms with E-state index in [2.05, 4.69) is 47.4 Å². The number of aromatic amines is 1. The van der Waals surface area contributed by atoms with E-state index in [4.69, 9.17) is 16.3 Å². The minimum Gasteiger partial charge on any atom is -0.422 e. The van der Waals surface area contributed by atoms with Crippen LogP contribution in [0.1, 0.15) is 32.0 Å². The van der Waals surface area contributed by atoms with E-state index in [9.17, 15) is 9.59 Å². The number of halogens is 3. The van der Waals surface area contributed by atoms with Crippen LogP contribution in [0.25, 0.3) is 22.0 Å². The molecule has 194 valence electrons. The number of carbonyl (C=O) groups excluding carboxylic acids is 2. The van der Waals surface area contributed by atoms with Gasteiger partial charge in [0.1, 0.15) is 11.4 Å². The normalized spacial score (nSPS) is 11.2. The number of aryl methyl sites for hydroxylation is 1. The van der Waals surface area contributed by atoms with Crippen molar-refractivity contribution in [2.45, 2.75) is 6.92 Å². The van der Waals surface area contributed by atoms with Crippen molar-refractivity contribution in [1.82, 2.24) is 10.4 Å². The summed E-state index contributed by atoms with van der Waals surface area (Å²) in [6.07, 6.45) is 1.43. The molecule has 0 fully saturated rings. The minimum absolute atomic E-state index is 0.300. The molecule has 0 aliphatic rings. The third-order valence-corrected chi connectivity index (χ3v) is 7.43. The number of ether oxygens (including phenoxy) is 1. The van der Waals surface area contributed by atoms with Crippen LogP contribution in [0.4, 0.5) is 0 Å². The zero-order valence-electron chi connectivity index (χ0n) is 20.5. The number of carbonyl (C=O) groups is 2. The van der Waals surface area contributed by atoms with Gasteiger partial charge in [0.05, 0.1) is 17.3 Å². The predicted molar refractivity (Wildman–Crippen MR) is 162 cm³/mol. The van der Waals surface area contributed by atoms with Crippen LogP contribution in [0.5, 0.6) is 5.75 Å². The molecule has 0 spiro atoms. The van der Waals surface area contributed by atoms with Crippen molar-refractivity contribution in [1.29, 1.82) is 0 Å². The van der Waals surface area contributed by atoms with Crippen LogP contribution >= 0.6 is 43.5 Å². The van der Waals surface area contributed by atoms with Gasteiger partial charge >= 0.3 is 5.97 Å². The maximum absolute atomic E-state index is 13.4. The first kappa shape index (κ1) is 26.9. The molecule has 0 bridgehead atoms. The molecule has 0 saturated heterocycles. The number of amides is 1. The van der Waals surface area contributed by atoms with Crippen LogP contribution in [-0.2, 0) is 0 Å². The number of hydrogen-bond donors (Lipinski definition) is 2. The monoisotopic (exact) mass is 663 g/mol. The Morgan fingerprint density at radius 2 is 1.77 bits per heavy atom. The lowest BCUT2D eigenvalue weighted by Gasteiger charge is -2.09. The maximum Gasteiger partial charge on any atom is 0.343 e. The Balaban J connectivity index is 1.44. The second-order valence-electron chi connectivity index (χ2n) is 8.66. The number of fused-ring (bicyclic) bond motifs is 1. The highest BCUT2D eigenvalue weighted by Gasteiger charge is 2.22. The van der Waals surface area contributed by atoms with Gasteiger partial charge < -0.3 is 9.72 Å². The topological polar surface area (TPSA) is 83.5 Å².